The van der Waals surface area contributed by atoms with Crippen molar-refractivity contribution < 1.29 is 4.74 Å². The molecule has 0 unspecified atom stereocenters. The van der Waals surface area contributed by atoms with Crippen molar-refractivity contribution in [2.24, 2.45) is 0 Å². The van der Waals surface area contributed by atoms with Crippen LogP contribution in [0, 0.1) is 0 Å². The van der Waals surface area contributed by atoms with Gasteiger partial charge < -0.3 is 15.0 Å². The van der Waals surface area contributed by atoms with Crippen LogP contribution in [0.3, 0.4) is 0 Å². The average molecular weight is 330 g/mol. The molecule has 0 fully saturated rings. The number of halogens is 1. The Balaban J connectivity index is 1.56. The Bertz CT molecular complexity index is 752. The molecule has 0 radical (unpaired) electrons. The number of ether oxygens (including phenoxy) is 1. The molecule has 3 rings (SSSR count). The first kappa shape index (κ1) is 15.8. The van der Waals surface area contributed by atoms with Crippen molar-refractivity contribution in [1.29, 1.82) is 0 Å². The first-order valence-electron chi connectivity index (χ1n) is 7.82. The van der Waals surface area contributed by atoms with E-state index in [4.69, 9.17) is 16.3 Å². The highest BCUT2D eigenvalue weighted by molar-refractivity contribution is 6.30. The zero-order chi connectivity index (χ0) is 16.1. The third kappa shape index (κ3) is 4.03. The van der Waals surface area contributed by atoms with Gasteiger partial charge in [-0.05, 0) is 37.3 Å². The summed E-state index contributed by atoms with van der Waals surface area (Å²) < 4.78 is 5.63. The summed E-state index contributed by atoms with van der Waals surface area (Å²) in [6, 6.07) is 13.8. The number of imidazole rings is 1. The van der Waals surface area contributed by atoms with Crippen LogP contribution in [-0.4, -0.2) is 23.1 Å². The molecule has 0 saturated heterocycles. The van der Waals surface area contributed by atoms with E-state index in [1.54, 1.807) is 0 Å². The molecule has 0 aliphatic carbocycles. The lowest BCUT2D eigenvalue weighted by Crippen LogP contribution is -2.17. The normalized spacial score (nSPS) is 11.0. The third-order valence-electron chi connectivity index (χ3n) is 3.61. The summed E-state index contributed by atoms with van der Waals surface area (Å²) in [7, 11) is 0. The van der Waals surface area contributed by atoms with E-state index in [0.717, 1.165) is 52.7 Å². The van der Waals surface area contributed by atoms with Crippen LogP contribution >= 0.6 is 11.6 Å². The van der Waals surface area contributed by atoms with Crippen LogP contribution in [0.4, 0.5) is 0 Å². The van der Waals surface area contributed by atoms with E-state index in [9.17, 15) is 0 Å². The molecule has 5 heteroatoms. The Kier molecular flexibility index (Phi) is 5.16. The van der Waals surface area contributed by atoms with Gasteiger partial charge in [0.25, 0.3) is 0 Å². The minimum atomic E-state index is 0.646. The van der Waals surface area contributed by atoms with Gasteiger partial charge in [-0.1, -0.05) is 23.7 Å². The van der Waals surface area contributed by atoms with E-state index in [1.165, 1.54) is 0 Å². The lowest BCUT2D eigenvalue weighted by Gasteiger charge is -2.11. The molecule has 1 heterocycles. The van der Waals surface area contributed by atoms with Crippen LogP contribution < -0.4 is 10.1 Å². The van der Waals surface area contributed by atoms with E-state index >= 15 is 0 Å². The fraction of sp³-hybridized carbons (Fsp3) is 0.278. The number of aromatic nitrogens is 2. The summed E-state index contributed by atoms with van der Waals surface area (Å²) in [4.78, 5) is 7.92. The van der Waals surface area contributed by atoms with E-state index in [2.05, 4.69) is 15.3 Å². The second-order valence-corrected chi connectivity index (χ2v) is 5.75. The lowest BCUT2D eigenvalue weighted by atomic mass is 10.2. The molecule has 0 atom stereocenters. The SMILES string of the molecule is CCOc1ccc(Cl)cc1CNCCc1nc2ccccc2[nH]1. The van der Waals surface area contributed by atoms with Crippen LogP contribution in [-0.2, 0) is 13.0 Å². The van der Waals surface area contributed by atoms with Crippen molar-refractivity contribution in [3.05, 3.63) is 58.9 Å². The second kappa shape index (κ2) is 7.49. The van der Waals surface area contributed by atoms with Crippen molar-refractivity contribution in [2.45, 2.75) is 19.9 Å². The number of rotatable bonds is 7. The first-order chi connectivity index (χ1) is 11.3. The van der Waals surface area contributed by atoms with Gasteiger partial charge in [0.1, 0.15) is 11.6 Å². The number of hydrogen-bond donors (Lipinski definition) is 2. The molecule has 0 amide bonds. The predicted molar refractivity (Wildman–Crippen MR) is 94.1 cm³/mol. The quantitative estimate of drug-likeness (QED) is 0.645. The smallest absolute Gasteiger partial charge is 0.123 e. The molecule has 2 N–H and O–H groups in total. The molecule has 0 aliphatic heterocycles. The van der Waals surface area contributed by atoms with Crippen molar-refractivity contribution in [2.75, 3.05) is 13.2 Å². The molecule has 23 heavy (non-hydrogen) atoms. The van der Waals surface area contributed by atoms with E-state index in [-0.39, 0.29) is 0 Å². The van der Waals surface area contributed by atoms with Gasteiger partial charge in [-0.2, -0.15) is 0 Å². The van der Waals surface area contributed by atoms with E-state index < -0.39 is 0 Å². The molecule has 0 bridgehead atoms. The zero-order valence-corrected chi connectivity index (χ0v) is 13.9. The zero-order valence-electron chi connectivity index (χ0n) is 13.1. The minimum absolute atomic E-state index is 0.646. The van der Waals surface area contributed by atoms with Crippen LogP contribution in [0.25, 0.3) is 11.0 Å². The minimum Gasteiger partial charge on any atom is -0.494 e. The average Bonchev–Trinajstić information content (AvgIpc) is 2.97. The fourth-order valence-corrected chi connectivity index (χ4v) is 2.73. The maximum absolute atomic E-state index is 6.07. The number of fused-ring (bicyclic) bond motifs is 1. The van der Waals surface area contributed by atoms with Crippen molar-refractivity contribution in [3.8, 4) is 5.75 Å². The predicted octanol–water partition coefficient (Wildman–Crippen LogP) is 3.95. The molecule has 0 saturated carbocycles. The molecule has 0 spiro atoms. The Morgan fingerprint density at radius 2 is 2.09 bits per heavy atom. The summed E-state index contributed by atoms with van der Waals surface area (Å²) in [6.45, 7) is 4.18. The molecule has 120 valence electrons. The number of H-pyrrole nitrogens is 1. The first-order valence-corrected chi connectivity index (χ1v) is 8.19. The lowest BCUT2D eigenvalue weighted by molar-refractivity contribution is 0.335. The number of nitrogens with zero attached hydrogens (tertiary/aromatic N) is 1. The topological polar surface area (TPSA) is 49.9 Å². The Labute approximate surface area is 140 Å². The van der Waals surface area contributed by atoms with Crippen LogP contribution in [0.1, 0.15) is 18.3 Å². The van der Waals surface area contributed by atoms with Gasteiger partial charge in [-0.3, -0.25) is 0 Å². The number of nitrogens with one attached hydrogen (secondary N) is 2. The third-order valence-corrected chi connectivity index (χ3v) is 3.85. The number of hydrogen-bond acceptors (Lipinski definition) is 3. The summed E-state index contributed by atoms with van der Waals surface area (Å²) >= 11 is 6.07. The molecular formula is C18H20ClN3O. The van der Waals surface area contributed by atoms with Gasteiger partial charge >= 0.3 is 0 Å². The molecular weight excluding hydrogens is 310 g/mol. The summed E-state index contributed by atoms with van der Waals surface area (Å²) in [6.07, 6.45) is 0.846. The van der Waals surface area contributed by atoms with Gasteiger partial charge in [-0.25, -0.2) is 4.98 Å². The molecule has 2 aromatic carbocycles. The van der Waals surface area contributed by atoms with Crippen molar-refractivity contribution >= 4 is 22.6 Å². The highest BCUT2D eigenvalue weighted by Gasteiger charge is 2.05. The van der Waals surface area contributed by atoms with Gasteiger partial charge in [0.05, 0.1) is 17.6 Å². The van der Waals surface area contributed by atoms with Crippen molar-refractivity contribution in [1.82, 2.24) is 15.3 Å². The maximum atomic E-state index is 6.07. The van der Waals surface area contributed by atoms with Gasteiger partial charge in [0, 0.05) is 30.1 Å². The highest BCUT2D eigenvalue weighted by atomic mass is 35.5. The molecule has 0 aliphatic rings. The highest BCUT2D eigenvalue weighted by Crippen LogP contribution is 2.22. The summed E-state index contributed by atoms with van der Waals surface area (Å²) in [5, 5.41) is 4.15. The number of benzene rings is 2. The van der Waals surface area contributed by atoms with Crippen LogP contribution in [0.2, 0.25) is 5.02 Å². The Morgan fingerprint density at radius 3 is 2.91 bits per heavy atom. The molecule has 1 aromatic heterocycles. The van der Waals surface area contributed by atoms with Crippen LogP contribution in [0.15, 0.2) is 42.5 Å². The fourth-order valence-electron chi connectivity index (χ4n) is 2.54. The van der Waals surface area contributed by atoms with E-state index in [1.807, 2.05) is 49.4 Å². The standard InChI is InChI=1S/C18H20ClN3O/c1-2-23-17-8-7-14(19)11-13(17)12-20-10-9-18-21-15-5-3-4-6-16(15)22-18/h3-8,11,20H,2,9-10,12H2,1H3,(H,21,22). The molecule has 3 aromatic rings. The number of para-hydroxylation sites is 2. The second-order valence-electron chi connectivity index (χ2n) is 5.31. The maximum Gasteiger partial charge on any atom is 0.123 e. The monoisotopic (exact) mass is 329 g/mol. The van der Waals surface area contributed by atoms with Crippen molar-refractivity contribution in [3.63, 3.8) is 0 Å². The summed E-state index contributed by atoms with van der Waals surface area (Å²) in [5.74, 6) is 1.88. The van der Waals surface area contributed by atoms with Gasteiger partial charge in [0.2, 0.25) is 0 Å². The molecule has 4 nitrogen and oxygen atoms in total. The summed E-state index contributed by atoms with van der Waals surface area (Å²) in [5.41, 5.74) is 3.16. The van der Waals surface area contributed by atoms with Crippen LogP contribution in [0.5, 0.6) is 5.75 Å². The van der Waals surface area contributed by atoms with Gasteiger partial charge in [0.15, 0.2) is 0 Å². The Morgan fingerprint density at radius 1 is 1.22 bits per heavy atom. The largest absolute Gasteiger partial charge is 0.494 e. The van der Waals surface area contributed by atoms with Gasteiger partial charge in [-0.15, -0.1) is 0 Å². The Hall–Kier alpha value is -2.04. The number of aromatic amines is 1. The van der Waals surface area contributed by atoms with E-state index in [0.29, 0.717) is 6.61 Å².